The minimum Gasteiger partial charge on any atom is -0.508 e. The van der Waals surface area contributed by atoms with Crippen molar-refractivity contribution in [2.45, 2.75) is 50.6 Å². The second kappa shape index (κ2) is 12.8. The first-order valence-corrected chi connectivity index (χ1v) is 11.3. The summed E-state index contributed by atoms with van der Waals surface area (Å²) in [6.07, 6.45) is 0.253. The van der Waals surface area contributed by atoms with Gasteiger partial charge in [0.15, 0.2) is 0 Å². The van der Waals surface area contributed by atoms with Gasteiger partial charge in [0.05, 0.1) is 26.7 Å². The van der Waals surface area contributed by atoms with Crippen LogP contribution in [0.1, 0.15) is 37.8 Å². The van der Waals surface area contributed by atoms with Gasteiger partial charge in [-0.25, -0.2) is 4.79 Å². The van der Waals surface area contributed by atoms with Crippen LogP contribution in [0.3, 0.4) is 0 Å². The van der Waals surface area contributed by atoms with Crippen LogP contribution in [-0.4, -0.2) is 60.9 Å². The number of esters is 1. The minimum absolute atomic E-state index is 0.0935. The average molecular weight is 487 g/mol. The normalized spacial score (nSPS) is 12.9. The molecule has 9 heteroatoms. The summed E-state index contributed by atoms with van der Waals surface area (Å²) in [6, 6.07) is 12.2. The number of ether oxygens (including phenoxy) is 2. The van der Waals surface area contributed by atoms with Crippen molar-refractivity contribution in [3.63, 3.8) is 0 Å². The predicted molar refractivity (Wildman–Crippen MR) is 130 cm³/mol. The zero-order chi connectivity index (χ0) is 26.0. The highest BCUT2D eigenvalue weighted by Gasteiger charge is 2.29. The molecule has 0 saturated heterocycles. The summed E-state index contributed by atoms with van der Waals surface area (Å²) in [5.41, 5.74) is 1.05. The predicted octanol–water partition coefficient (Wildman–Crippen LogP) is 2.40. The summed E-state index contributed by atoms with van der Waals surface area (Å²) in [5, 5.41) is 25.3. The van der Waals surface area contributed by atoms with Crippen molar-refractivity contribution in [2.24, 2.45) is 0 Å². The smallest absolute Gasteiger partial charge is 0.328 e. The third-order valence-electron chi connectivity index (χ3n) is 5.85. The quantitative estimate of drug-likeness (QED) is 0.317. The number of aliphatic carboxylic acids is 1. The summed E-state index contributed by atoms with van der Waals surface area (Å²) in [6.45, 7) is 4.18. The lowest BCUT2D eigenvalue weighted by Crippen LogP contribution is -2.52. The SMILES string of the molecule is COC(=O)[C@@H](Cc1ccccc1)NC(=O)[C@H](CC(=O)O)NCCC(C)(C)c1ccc(OC)cc1O. The van der Waals surface area contributed by atoms with E-state index in [4.69, 9.17) is 9.47 Å². The Bertz CT molecular complexity index is 1010. The van der Waals surface area contributed by atoms with E-state index in [0.29, 0.717) is 24.3 Å². The fourth-order valence-electron chi connectivity index (χ4n) is 3.79. The third-order valence-corrected chi connectivity index (χ3v) is 5.85. The highest BCUT2D eigenvalue weighted by atomic mass is 16.5. The van der Waals surface area contributed by atoms with Gasteiger partial charge in [0.2, 0.25) is 5.91 Å². The second-order valence-corrected chi connectivity index (χ2v) is 8.90. The fraction of sp³-hybridized carbons (Fsp3) is 0.423. The molecular formula is C26H34N2O7. The molecule has 0 aliphatic carbocycles. The van der Waals surface area contributed by atoms with Crippen molar-refractivity contribution in [1.29, 1.82) is 0 Å². The lowest BCUT2D eigenvalue weighted by atomic mass is 9.81. The highest BCUT2D eigenvalue weighted by molar-refractivity contribution is 5.90. The topological polar surface area (TPSA) is 134 Å². The van der Waals surface area contributed by atoms with Gasteiger partial charge in [0.1, 0.15) is 17.5 Å². The zero-order valence-corrected chi connectivity index (χ0v) is 20.5. The van der Waals surface area contributed by atoms with Crippen LogP contribution in [0.2, 0.25) is 0 Å². The summed E-state index contributed by atoms with van der Waals surface area (Å²) in [4.78, 5) is 36.6. The van der Waals surface area contributed by atoms with Gasteiger partial charge >= 0.3 is 11.9 Å². The average Bonchev–Trinajstić information content (AvgIpc) is 2.82. The van der Waals surface area contributed by atoms with Gasteiger partial charge in [-0.2, -0.15) is 0 Å². The number of carboxylic acid groups (broad SMARTS) is 1. The monoisotopic (exact) mass is 486 g/mol. The number of benzene rings is 2. The number of carbonyl (C=O) groups excluding carboxylic acids is 2. The molecule has 190 valence electrons. The van der Waals surface area contributed by atoms with Crippen LogP contribution < -0.4 is 15.4 Å². The molecule has 0 aromatic heterocycles. The Morgan fingerprint density at radius 2 is 1.71 bits per heavy atom. The maximum atomic E-state index is 13.0. The van der Waals surface area contributed by atoms with Gasteiger partial charge in [-0.05, 0) is 35.6 Å². The number of methoxy groups -OCH3 is 2. The van der Waals surface area contributed by atoms with Gasteiger partial charge < -0.3 is 30.3 Å². The summed E-state index contributed by atoms with van der Waals surface area (Å²) in [7, 11) is 2.75. The number of phenolic OH excluding ortho intramolecular Hbond substituents is 1. The first kappa shape index (κ1) is 27.7. The summed E-state index contributed by atoms with van der Waals surface area (Å²) in [5.74, 6) is -1.75. The summed E-state index contributed by atoms with van der Waals surface area (Å²) >= 11 is 0. The first-order chi connectivity index (χ1) is 16.6. The van der Waals surface area contributed by atoms with E-state index in [0.717, 1.165) is 5.56 Å². The fourth-order valence-corrected chi connectivity index (χ4v) is 3.79. The molecule has 9 nitrogen and oxygen atoms in total. The Morgan fingerprint density at radius 1 is 1.03 bits per heavy atom. The molecule has 0 aliphatic heterocycles. The van der Waals surface area contributed by atoms with Crippen LogP contribution in [0.15, 0.2) is 48.5 Å². The molecule has 0 saturated carbocycles. The van der Waals surface area contributed by atoms with Crippen LogP contribution in [0.25, 0.3) is 0 Å². The molecule has 0 radical (unpaired) electrons. The number of rotatable bonds is 13. The maximum absolute atomic E-state index is 13.0. The number of hydrogen-bond donors (Lipinski definition) is 4. The van der Waals surface area contributed by atoms with Gasteiger partial charge in [-0.1, -0.05) is 50.2 Å². The third kappa shape index (κ3) is 8.29. The number of nitrogens with one attached hydrogen (secondary N) is 2. The second-order valence-electron chi connectivity index (χ2n) is 8.90. The maximum Gasteiger partial charge on any atom is 0.328 e. The minimum atomic E-state index is -1.15. The Hall–Kier alpha value is -3.59. The number of hydrogen-bond acceptors (Lipinski definition) is 7. The van der Waals surface area contributed by atoms with E-state index in [-0.39, 0.29) is 12.2 Å². The van der Waals surface area contributed by atoms with Crippen LogP contribution in [0.4, 0.5) is 0 Å². The van der Waals surface area contributed by atoms with Crippen LogP contribution in [-0.2, 0) is 31.0 Å². The molecule has 0 fully saturated rings. The van der Waals surface area contributed by atoms with Crippen molar-refractivity contribution in [1.82, 2.24) is 10.6 Å². The van der Waals surface area contributed by atoms with E-state index < -0.39 is 41.8 Å². The Labute approximate surface area is 205 Å². The lowest BCUT2D eigenvalue weighted by Gasteiger charge is -2.28. The Kier molecular flexibility index (Phi) is 10.1. The van der Waals surface area contributed by atoms with Crippen molar-refractivity contribution in [3.05, 3.63) is 59.7 Å². The number of phenols is 1. The Morgan fingerprint density at radius 3 is 2.29 bits per heavy atom. The van der Waals surface area contributed by atoms with Crippen molar-refractivity contribution in [2.75, 3.05) is 20.8 Å². The van der Waals surface area contributed by atoms with Crippen molar-refractivity contribution >= 4 is 17.8 Å². The van der Waals surface area contributed by atoms with Crippen molar-refractivity contribution < 1.29 is 34.1 Å². The van der Waals surface area contributed by atoms with Crippen LogP contribution in [0, 0.1) is 0 Å². The number of amides is 1. The largest absolute Gasteiger partial charge is 0.508 e. The molecule has 2 aromatic rings. The van der Waals surface area contributed by atoms with Gasteiger partial charge in [-0.15, -0.1) is 0 Å². The molecule has 0 spiro atoms. The highest BCUT2D eigenvalue weighted by Crippen LogP contribution is 2.35. The Balaban J connectivity index is 2.07. The lowest BCUT2D eigenvalue weighted by molar-refractivity contribution is -0.145. The molecule has 0 bridgehead atoms. The van der Waals surface area contributed by atoms with E-state index in [2.05, 4.69) is 10.6 Å². The molecule has 2 rings (SSSR count). The molecule has 4 N–H and O–H groups in total. The number of aromatic hydroxyl groups is 1. The van der Waals surface area contributed by atoms with E-state index >= 15 is 0 Å². The molecule has 0 aliphatic rings. The van der Waals surface area contributed by atoms with Gasteiger partial charge in [0, 0.05) is 12.5 Å². The van der Waals surface area contributed by atoms with Gasteiger partial charge in [0.25, 0.3) is 0 Å². The molecular weight excluding hydrogens is 452 g/mol. The van der Waals surface area contributed by atoms with E-state index in [9.17, 15) is 24.6 Å². The zero-order valence-electron chi connectivity index (χ0n) is 20.5. The molecule has 0 heterocycles. The van der Waals surface area contributed by atoms with Crippen molar-refractivity contribution in [3.8, 4) is 11.5 Å². The first-order valence-electron chi connectivity index (χ1n) is 11.3. The molecule has 2 aromatic carbocycles. The number of carbonyl (C=O) groups is 3. The standard InChI is InChI=1S/C26H34N2O7/c1-26(2,19-11-10-18(34-3)15-22(19)29)12-13-27-20(16-23(30)31)24(32)28-21(25(33)35-4)14-17-8-6-5-7-9-17/h5-11,15,20-21,27,29H,12-14,16H2,1-4H3,(H,28,32)(H,30,31)/t20-,21+/m0/s1. The number of carboxylic acids is 1. The van der Waals surface area contributed by atoms with Crippen LogP contribution in [0.5, 0.6) is 11.5 Å². The van der Waals surface area contributed by atoms with Crippen LogP contribution >= 0.6 is 0 Å². The molecule has 0 unspecified atom stereocenters. The summed E-state index contributed by atoms with van der Waals surface area (Å²) < 4.78 is 9.95. The molecule has 35 heavy (non-hydrogen) atoms. The van der Waals surface area contributed by atoms with E-state index in [1.165, 1.54) is 20.3 Å². The van der Waals surface area contributed by atoms with E-state index in [1.807, 2.05) is 44.2 Å². The van der Waals surface area contributed by atoms with E-state index in [1.54, 1.807) is 12.1 Å². The van der Waals surface area contributed by atoms with Gasteiger partial charge in [-0.3, -0.25) is 9.59 Å². The molecule has 2 atom stereocenters. The molecule has 1 amide bonds.